The van der Waals surface area contributed by atoms with E-state index in [0.29, 0.717) is 60.5 Å². The molecule has 1 aromatic heterocycles. The molecule has 4 aromatic rings. The molecular weight excluding hydrogens is 362 g/mol. The first-order valence-electron chi connectivity index (χ1n) is 11.7. The van der Waals surface area contributed by atoms with E-state index < -0.39 is 5.76 Å². The van der Waals surface area contributed by atoms with E-state index in [0.717, 1.165) is 5.69 Å². The first-order valence-corrected chi connectivity index (χ1v) is 9.68. The van der Waals surface area contributed by atoms with E-state index in [4.69, 9.17) is 9.90 Å². The summed E-state index contributed by atoms with van der Waals surface area (Å²) in [4.78, 5) is 18.6. The first-order chi connectivity index (χ1) is 15.9. The molecule has 5 heteroatoms. The van der Waals surface area contributed by atoms with E-state index >= 15 is 0 Å². The number of nitrogens with one attached hydrogen (secondary N) is 1. The Kier molecular flexibility index (Phi) is 3.62. The second-order valence-electron chi connectivity index (χ2n) is 7.15. The number of H-pyrrole nitrogens is 1. The van der Waals surface area contributed by atoms with Gasteiger partial charge < -0.3 is 9.32 Å². The maximum atomic E-state index is 11.6. The lowest BCUT2D eigenvalue weighted by Crippen LogP contribution is -2.46. The van der Waals surface area contributed by atoms with Crippen molar-refractivity contribution < 1.29 is 9.90 Å². The molecule has 5 rings (SSSR count). The third-order valence-corrected chi connectivity index (χ3v) is 5.26. The lowest BCUT2D eigenvalue weighted by molar-refractivity contribution is 0.250. The van der Waals surface area contributed by atoms with Crippen molar-refractivity contribution in [3.63, 3.8) is 0 Å². The van der Waals surface area contributed by atoms with E-state index in [-0.39, 0.29) is 24.2 Å². The van der Waals surface area contributed by atoms with Crippen molar-refractivity contribution >= 4 is 16.8 Å². The molecule has 1 N–H and O–H groups in total. The van der Waals surface area contributed by atoms with Gasteiger partial charge in [-0.3, -0.25) is 9.88 Å². The van der Waals surface area contributed by atoms with Gasteiger partial charge >= 0.3 is 5.76 Å². The van der Waals surface area contributed by atoms with E-state index in [1.807, 2.05) is 48.5 Å². The van der Waals surface area contributed by atoms with Gasteiger partial charge in [0.05, 0.1) is 16.7 Å². The van der Waals surface area contributed by atoms with Crippen LogP contribution in [-0.4, -0.2) is 36.1 Å². The van der Waals surface area contributed by atoms with E-state index in [1.54, 1.807) is 0 Å². The number of fused-ring (bicyclic) bond motifs is 1. The number of oxazole rings is 1. The van der Waals surface area contributed by atoms with Crippen LogP contribution in [0.25, 0.3) is 22.2 Å². The van der Waals surface area contributed by atoms with Gasteiger partial charge in [-0.15, -0.1) is 0 Å². The zero-order valence-corrected chi connectivity index (χ0v) is 15.9. The highest BCUT2D eigenvalue weighted by Gasteiger charge is 2.20. The third-order valence-electron chi connectivity index (χ3n) is 5.26. The molecule has 3 aromatic carbocycles. The summed E-state index contributed by atoms with van der Waals surface area (Å²) in [6.07, 6.45) is 0. The van der Waals surface area contributed by atoms with Crippen molar-refractivity contribution in [2.45, 2.75) is 6.54 Å². The standard InChI is InChI=1S/C24H23N3O2/c28-24-25-21-10-5-11-22(23(21)29-24)27-14-12-26(13-15-27)17-18-6-4-9-20(16-18)19-7-2-1-3-8-19/h1-11,16H,12-15,17H2,(H,25,28)/i4D,6D,9D,16D. The maximum Gasteiger partial charge on any atom is 0.417 e. The van der Waals surface area contributed by atoms with Crippen LogP contribution in [0, 0.1) is 0 Å². The number of rotatable bonds is 4. The smallest absolute Gasteiger partial charge is 0.406 e. The highest BCUT2D eigenvalue weighted by atomic mass is 16.4. The zero-order valence-electron chi connectivity index (χ0n) is 19.9. The van der Waals surface area contributed by atoms with Gasteiger partial charge in [-0.05, 0) is 34.9 Å². The van der Waals surface area contributed by atoms with Crippen molar-refractivity contribution in [2.75, 3.05) is 31.1 Å². The fourth-order valence-electron chi connectivity index (χ4n) is 3.79. The first kappa shape index (κ1) is 13.8. The summed E-state index contributed by atoms with van der Waals surface area (Å²) in [7, 11) is 0. The minimum absolute atomic E-state index is 0.0500. The predicted molar refractivity (Wildman–Crippen MR) is 116 cm³/mol. The Balaban J connectivity index is 1.39. The fourth-order valence-corrected chi connectivity index (χ4v) is 3.79. The molecule has 1 aliphatic rings. The van der Waals surface area contributed by atoms with Crippen LogP contribution >= 0.6 is 0 Å². The van der Waals surface area contributed by atoms with Crippen LogP contribution in [-0.2, 0) is 6.54 Å². The Morgan fingerprint density at radius 3 is 2.62 bits per heavy atom. The lowest BCUT2D eigenvalue weighted by Gasteiger charge is -2.36. The largest absolute Gasteiger partial charge is 0.417 e. The van der Waals surface area contributed by atoms with Crippen LogP contribution in [0.1, 0.15) is 11.0 Å². The van der Waals surface area contributed by atoms with Gasteiger partial charge in [0.25, 0.3) is 0 Å². The van der Waals surface area contributed by atoms with Crippen molar-refractivity contribution in [3.8, 4) is 11.1 Å². The molecule has 1 aliphatic heterocycles. The summed E-state index contributed by atoms with van der Waals surface area (Å²) in [6.45, 7) is 3.16. The Bertz CT molecular complexity index is 1380. The lowest BCUT2D eigenvalue weighted by atomic mass is 10.0. The Labute approximate surface area is 174 Å². The molecular formula is C24H23N3O2. The zero-order chi connectivity index (χ0) is 23.1. The van der Waals surface area contributed by atoms with Gasteiger partial charge in [-0.2, -0.15) is 0 Å². The molecule has 146 valence electrons. The number of aromatic amines is 1. The van der Waals surface area contributed by atoms with Crippen LogP contribution in [0.5, 0.6) is 0 Å². The number of piperazine rings is 1. The number of hydrogen-bond donors (Lipinski definition) is 1. The number of anilines is 1. The van der Waals surface area contributed by atoms with Crippen molar-refractivity contribution in [1.29, 1.82) is 0 Å². The quantitative estimate of drug-likeness (QED) is 0.571. The highest BCUT2D eigenvalue weighted by molar-refractivity contribution is 5.86. The number of benzene rings is 3. The van der Waals surface area contributed by atoms with E-state index in [9.17, 15) is 4.79 Å². The summed E-state index contributed by atoms with van der Waals surface area (Å²) < 4.78 is 39.1. The molecule has 29 heavy (non-hydrogen) atoms. The Morgan fingerprint density at radius 1 is 0.966 bits per heavy atom. The van der Waals surface area contributed by atoms with Crippen molar-refractivity contribution in [1.82, 2.24) is 9.88 Å². The van der Waals surface area contributed by atoms with Gasteiger partial charge in [0, 0.05) is 32.7 Å². The molecule has 5 nitrogen and oxygen atoms in total. The third kappa shape index (κ3) is 3.69. The van der Waals surface area contributed by atoms with Crippen LogP contribution < -0.4 is 10.7 Å². The molecule has 1 saturated heterocycles. The van der Waals surface area contributed by atoms with Crippen LogP contribution in [0.3, 0.4) is 0 Å². The SMILES string of the molecule is [2H]c1c([2H])c(CN2CCN(c3cccc4[nH]c(=O)oc34)CC2)c([2H])c(-c2ccccc2)c1[2H]. The summed E-state index contributed by atoms with van der Waals surface area (Å²) in [5, 5.41) is 0. The normalized spacial score (nSPS) is 17.0. The molecule has 0 unspecified atom stereocenters. The van der Waals surface area contributed by atoms with E-state index in [2.05, 4.69) is 14.8 Å². The fraction of sp³-hybridized carbons (Fsp3) is 0.208. The molecule has 0 bridgehead atoms. The van der Waals surface area contributed by atoms with Gasteiger partial charge in [-0.25, -0.2) is 4.79 Å². The van der Waals surface area contributed by atoms with E-state index in [1.165, 1.54) is 0 Å². The number of nitrogens with zero attached hydrogens (tertiary/aromatic N) is 2. The molecule has 0 amide bonds. The van der Waals surface area contributed by atoms with Crippen LogP contribution in [0.15, 0.2) is 81.9 Å². The molecule has 0 spiro atoms. The highest BCUT2D eigenvalue weighted by Crippen LogP contribution is 2.26. The average molecular weight is 389 g/mol. The van der Waals surface area contributed by atoms with Gasteiger partial charge in [-0.1, -0.05) is 54.5 Å². The molecule has 2 heterocycles. The van der Waals surface area contributed by atoms with Crippen molar-refractivity contribution in [3.05, 3.63) is 88.8 Å². The average Bonchev–Trinajstić information content (AvgIpc) is 3.22. The minimum atomic E-state index is -0.472. The second kappa shape index (κ2) is 7.60. The van der Waals surface area contributed by atoms with Crippen LogP contribution in [0.4, 0.5) is 5.69 Å². The van der Waals surface area contributed by atoms with Gasteiger partial charge in [0.2, 0.25) is 0 Å². The number of para-hydroxylation sites is 1. The Morgan fingerprint density at radius 2 is 1.79 bits per heavy atom. The minimum Gasteiger partial charge on any atom is -0.406 e. The van der Waals surface area contributed by atoms with Crippen molar-refractivity contribution in [2.24, 2.45) is 0 Å². The molecule has 0 atom stereocenters. The number of hydrogen-bond acceptors (Lipinski definition) is 4. The summed E-state index contributed by atoms with van der Waals surface area (Å²) >= 11 is 0. The summed E-state index contributed by atoms with van der Waals surface area (Å²) in [6, 6.07) is 14.7. The van der Waals surface area contributed by atoms with Gasteiger partial charge in [0.15, 0.2) is 5.58 Å². The monoisotopic (exact) mass is 389 g/mol. The predicted octanol–water partition coefficient (Wildman–Crippen LogP) is 4.11. The topological polar surface area (TPSA) is 52.5 Å². The molecule has 1 fully saturated rings. The molecule has 0 saturated carbocycles. The molecule has 0 radical (unpaired) electrons. The summed E-state index contributed by atoms with van der Waals surface area (Å²) in [5.41, 5.74) is 3.68. The van der Waals surface area contributed by atoms with Crippen LogP contribution in [0.2, 0.25) is 0 Å². The van der Waals surface area contributed by atoms with Gasteiger partial charge in [0.1, 0.15) is 0 Å². The number of aromatic nitrogens is 1. The molecule has 0 aliphatic carbocycles. The second-order valence-corrected chi connectivity index (χ2v) is 7.15. The summed E-state index contributed by atoms with van der Waals surface area (Å²) in [5.74, 6) is -0.472. The maximum absolute atomic E-state index is 11.6. The Hall–Kier alpha value is -3.31.